The first kappa shape index (κ1) is 54.6. The summed E-state index contributed by atoms with van der Waals surface area (Å²) in [6, 6.07) is 22.5. The number of carbonyl (C=O) groups excluding carboxylic acids is 4. The van der Waals surface area contributed by atoms with Crippen LogP contribution in [0.2, 0.25) is 5.02 Å². The Morgan fingerprint density at radius 3 is 2.22 bits per heavy atom. The Balaban J connectivity index is 0.665. The second kappa shape index (κ2) is 22.9. The number of allylic oxidation sites excluding steroid dienone is 1. The molecule has 0 radical (unpaired) electrons. The van der Waals surface area contributed by atoms with Gasteiger partial charge in [-0.05, 0) is 146 Å². The van der Waals surface area contributed by atoms with E-state index in [0.717, 1.165) is 136 Å². The zero-order valence-electron chi connectivity index (χ0n) is 43.7. The molecule has 4 aromatic carbocycles. The highest BCUT2D eigenvalue weighted by Gasteiger charge is 2.40. The second-order valence-electron chi connectivity index (χ2n) is 22.5. The molecule has 20 heteroatoms. The van der Waals surface area contributed by atoms with Crippen LogP contribution in [0.25, 0.3) is 5.57 Å². The number of piperidine rings is 1. The van der Waals surface area contributed by atoms with Gasteiger partial charge >= 0.3 is 0 Å². The molecule has 0 aromatic heterocycles. The van der Waals surface area contributed by atoms with Gasteiger partial charge in [0.25, 0.3) is 27.5 Å². The average Bonchev–Trinajstić information content (AvgIpc) is 3.74. The standard InChI is InChI=1S/C57H67BrClN9O8S/c1-57(2)20-19-46(39-5-9-42(59)10-6-39)41(32-57)35-64-23-27-66(28-24-64)44-13-7-40(8-14-44)54(70)62-77(75,76)45-15-16-50(52(31-45)68(73)74)60-33-37-3-11-43(12-4-37)65-25-21-63(22-26-65)34-38-29-47-48(49(58)30-38)36-67(56(47)72)51-17-18-53(69)61-55(51)71/h5-10,13-16,29-31,37,43,51,60H,3-4,11-12,17-28,32-36H2,1-2H3,(H,62,70)(H,61,69,71). The lowest BCUT2D eigenvalue weighted by atomic mass is 9.73. The number of hydrogen-bond donors (Lipinski definition) is 3. The molecular formula is C57H67BrClN9O8S. The van der Waals surface area contributed by atoms with Crippen LogP contribution >= 0.6 is 27.5 Å². The molecule has 1 unspecified atom stereocenters. The average molecular weight is 1150 g/mol. The number of halogens is 2. The molecule has 2 aliphatic carbocycles. The van der Waals surface area contributed by atoms with Crippen LogP contribution in [0.1, 0.15) is 109 Å². The van der Waals surface area contributed by atoms with Crippen molar-refractivity contribution in [2.24, 2.45) is 11.3 Å². The second-order valence-corrected chi connectivity index (χ2v) is 25.5. The number of anilines is 2. The topological polar surface area (TPSA) is 198 Å². The third-order valence-electron chi connectivity index (χ3n) is 16.7. The highest BCUT2D eigenvalue weighted by atomic mass is 79.9. The van der Waals surface area contributed by atoms with E-state index in [1.54, 1.807) is 17.0 Å². The van der Waals surface area contributed by atoms with Gasteiger partial charge in [0.15, 0.2) is 0 Å². The van der Waals surface area contributed by atoms with Crippen LogP contribution in [0.15, 0.2) is 93.8 Å². The molecule has 4 fully saturated rings. The van der Waals surface area contributed by atoms with E-state index in [2.05, 4.69) is 82.9 Å². The first-order valence-corrected chi connectivity index (χ1v) is 29.6. The molecule has 1 atom stereocenters. The van der Waals surface area contributed by atoms with Gasteiger partial charge in [-0.1, -0.05) is 59.1 Å². The van der Waals surface area contributed by atoms with Crippen LogP contribution in [-0.4, -0.2) is 134 Å². The van der Waals surface area contributed by atoms with Gasteiger partial charge in [0.2, 0.25) is 11.8 Å². The number of benzene rings is 4. The molecule has 4 heterocycles. The molecule has 3 N–H and O–H groups in total. The molecule has 6 aliphatic rings. The third kappa shape index (κ3) is 12.6. The first-order chi connectivity index (χ1) is 36.9. The van der Waals surface area contributed by atoms with Gasteiger partial charge < -0.3 is 15.1 Å². The fraction of sp³-hybridized carbons (Fsp3) is 0.474. The summed E-state index contributed by atoms with van der Waals surface area (Å²) in [5.74, 6) is -1.46. The van der Waals surface area contributed by atoms with Gasteiger partial charge in [0.05, 0.1) is 9.82 Å². The molecule has 0 bridgehead atoms. The number of nitrogens with zero attached hydrogens (tertiary/aromatic N) is 6. The van der Waals surface area contributed by atoms with Crippen LogP contribution < -0.4 is 20.3 Å². The minimum absolute atomic E-state index is 0.158. The smallest absolute Gasteiger partial charge is 0.293 e. The number of piperazine rings is 2. The zero-order valence-corrected chi connectivity index (χ0v) is 46.9. The summed E-state index contributed by atoms with van der Waals surface area (Å²) >= 11 is 9.89. The van der Waals surface area contributed by atoms with Crippen LogP contribution in [-0.2, 0) is 32.7 Å². The van der Waals surface area contributed by atoms with E-state index < -0.39 is 32.8 Å². The lowest BCUT2D eigenvalue weighted by Gasteiger charge is -2.42. The van der Waals surface area contributed by atoms with Crippen LogP contribution in [0, 0.1) is 21.4 Å². The molecule has 408 valence electrons. The molecule has 4 amide bonds. The van der Waals surface area contributed by atoms with Crippen molar-refractivity contribution in [3.63, 3.8) is 0 Å². The first-order valence-electron chi connectivity index (χ1n) is 26.9. The number of nitro groups is 1. The van der Waals surface area contributed by atoms with Crippen molar-refractivity contribution in [2.45, 2.75) is 102 Å². The molecule has 17 nitrogen and oxygen atoms in total. The van der Waals surface area contributed by atoms with Gasteiger partial charge in [-0.15, -0.1) is 0 Å². The van der Waals surface area contributed by atoms with Gasteiger partial charge in [-0.3, -0.25) is 49.3 Å². The molecule has 4 aliphatic heterocycles. The molecule has 4 aromatic rings. The van der Waals surface area contributed by atoms with E-state index in [4.69, 9.17) is 11.6 Å². The summed E-state index contributed by atoms with van der Waals surface area (Å²) in [6.45, 7) is 14.1. The summed E-state index contributed by atoms with van der Waals surface area (Å²) in [5, 5.41) is 18.6. The fourth-order valence-corrected chi connectivity index (χ4v) is 14.1. The van der Waals surface area contributed by atoms with Crippen molar-refractivity contribution in [1.29, 1.82) is 0 Å². The maximum Gasteiger partial charge on any atom is 0.293 e. The molecule has 77 heavy (non-hydrogen) atoms. The Bertz CT molecular complexity index is 3080. The minimum atomic E-state index is -4.45. The van der Waals surface area contributed by atoms with Gasteiger partial charge in [-0.2, -0.15) is 0 Å². The largest absolute Gasteiger partial charge is 0.379 e. The van der Waals surface area contributed by atoms with Gasteiger partial charge in [0.1, 0.15) is 11.7 Å². The Hall–Kier alpha value is -5.70. The number of imide groups is 1. The summed E-state index contributed by atoms with van der Waals surface area (Å²) in [5.41, 5.74) is 7.84. The van der Waals surface area contributed by atoms with Crippen molar-refractivity contribution in [3.8, 4) is 0 Å². The summed E-state index contributed by atoms with van der Waals surface area (Å²) in [7, 11) is -4.45. The maximum atomic E-state index is 13.5. The molecule has 1 saturated carbocycles. The van der Waals surface area contributed by atoms with E-state index in [-0.39, 0.29) is 51.4 Å². The Morgan fingerprint density at radius 2 is 1.53 bits per heavy atom. The number of carbonyl (C=O) groups is 4. The number of hydrogen-bond acceptors (Lipinski definition) is 13. The fourth-order valence-electron chi connectivity index (χ4n) is 12.3. The highest BCUT2D eigenvalue weighted by molar-refractivity contribution is 9.10. The van der Waals surface area contributed by atoms with Gasteiger partial charge in [-0.25, -0.2) is 13.1 Å². The Morgan fingerprint density at radius 1 is 0.844 bits per heavy atom. The maximum absolute atomic E-state index is 13.5. The predicted molar refractivity (Wildman–Crippen MR) is 300 cm³/mol. The molecule has 3 saturated heterocycles. The van der Waals surface area contributed by atoms with E-state index >= 15 is 0 Å². The number of nitrogens with one attached hydrogen (secondary N) is 3. The van der Waals surface area contributed by atoms with Crippen molar-refractivity contribution in [3.05, 3.63) is 132 Å². The molecule has 0 spiro atoms. The monoisotopic (exact) mass is 1150 g/mol. The minimum Gasteiger partial charge on any atom is -0.379 e. The Labute approximate surface area is 464 Å². The number of nitro benzene ring substituents is 1. The third-order valence-corrected chi connectivity index (χ3v) is 19.0. The van der Waals surface area contributed by atoms with Crippen LogP contribution in [0.4, 0.5) is 17.1 Å². The van der Waals surface area contributed by atoms with E-state index in [1.165, 1.54) is 28.8 Å². The number of sulfonamides is 1. The number of fused-ring (bicyclic) bond motifs is 1. The van der Waals surface area contributed by atoms with Crippen molar-refractivity contribution >= 4 is 83.8 Å². The zero-order chi connectivity index (χ0) is 54.2. The van der Waals surface area contributed by atoms with E-state index in [9.17, 15) is 37.7 Å². The lowest BCUT2D eigenvalue weighted by molar-refractivity contribution is -0.384. The van der Waals surface area contributed by atoms with Crippen LogP contribution in [0.3, 0.4) is 0 Å². The van der Waals surface area contributed by atoms with Crippen molar-refractivity contribution < 1.29 is 32.5 Å². The normalized spacial score (nSPS) is 22.7. The van der Waals surface area contributed by atoms with Crippen LogP contribution in [0.5, 0.6) is 0 Å². The molecular weight excluding hydrogens is 1090 g/mol. The van der Waals surface area contributed by atoms with E-state index in [0.29, 0.717) is 37.7 Å². The van der Waals surface area contributed by atoms with E-state index in [1.807, 2.05) is 30.3 Å². The summed E-state index contributed by atoms with van der Waals surface area (Å²) in [4.78, 5) is 73.7. The SMILES string of the molecule is CC1(C)CCC(c2ccc(Cl)cc2)=C(CN2CCN(c3ccc(C(=O)NS(=O)(=O)c4ccc(NCC5CCC(N6CCN(Cc7cc(Br)c8c(c7)C(=O)N(C7CCC(=O)NC7=O)C8)CC6)CC5)c([N+](=O)[O-])c4)cc3)CC2)C1. The summed E-state index contributed by atoms with van der Waals surface area (Å²) < 4.78 is 30.0. The quantitative estimate of drug-likeness (QED) is 0.0583. The number of rotatable bonds is 15. The lowest BCUT2D eigenvalue weighted by Crippen LogP contribution is -2.52. The van der Waals surface area contributed by atoms with Crippen molar-refractivity contribution in [1.82, 2.24) is 29.6 Å². The van der Waals surface area contributed by atoms with Gasteiger partial charge in [0, 0.05) is 123 Å². The Kier molecular flexibility index (Phi) is 16.3. The predicted octanol–water partition coefficient (Wildman–Crippen LogP) is 8.46. The highest BCUT2D eigenvalue weighted by Crippen LogP contribution is 2.43. The molecule has 10 rings (SSSR count). The summed E-state index contributed by atoms with van der Waals surface area (Å²) in [6.07, 6.45) is 7.67. The van der Waals surface area contributed by atoms with Crippen molar-refractivity contribution in [2.75, 3.05) is 75.7 Å². The number of amides is 4.